The number of rotatable bonds is 5. The third-order valence-corrected chi connectivity index (χ3v) is 10.1. The molecular weight excluding hydrogens is 605 g/mol. The number of hydrogen-bond acceptors (Lipinski definition) is 0. The molecule has 0 radical (unpaired) electrons. The number of fused-ring (bicyclic) bond motifs is 7. The Kier molecular flexibility index (Phi) is 6.53. The molecule has 0 aliphatic heterocycles. The molecule has 8 aromatic carbocycles. The summed E-state index contributed by atoms with van der Waals surface area (Å²) in [5.41, 5.74) is 14.4. The normalized spacial score (nSPS) is 11.6. The van der Waals surface area contributed by atoms with Gasteiger partial charge >= 0.3 is 0 Å². The van der Waals surface area contributed by atoms with Gasteiger partial charge in [0.25, 0.3) is 0 Å². The highest BCUT2D eigenvalue weighted by Gasteiger charge is 2.21. The lowest BCUT2D eigenvalue weighted by Crippen LogP contribution is -1.95. The molecule has 0 atom stereocenters. The van der Waals surface area contributed by atoms with E-state index in [0.29, 0.717) is 0 Å². The molecule has 0 spiro atoms. The number of aromatic nitrogens is 2. The smallest absolute Gasteiger partial charge is 0.0548 e. The maximum absolute atomic E-state index is 2.47. The zero-order valence-electron chi connectivity index (χ0n) is 27.4. The summed E-state index contributed by atoms with van der Waals surface area (Å²) in [5, 5.41) is 5.07. The Morgan fingerprint density at radius 3 is 1.38 bits per heavy atom. The van der Waals surface area contributed by atoms with Crippen molar-refractivity contribution in [1.82, 2.24) is 9.13 Å². The van der Waals surface area contributed by atoms with Gasteiger partial charge in [-0.1, -0.05) is 140 Å². The maximum Gasteiger partial charge on any atom is 0.0548 e. The number of para-hydroxylation sites is 2. The molecular formula is C48H32N2. The summed E-state index contributed by atoms with van der Waals surface area (Å²) in [7, 11) is 0. The third kappa shape index (κ3) is 4.50. The predicted molar refractivity (Wildman–Crippen MR) is 211 cm³/mol. The fraction of sp³-hybridized carbons (Fsp3) is 0. The van der Waals surface area contributed by atoms with Crippen LogP contribution in [0.5, 0.6) is 0 Å². The molecule has 10 rings (SSSR count). The first-order valence-corrected chi connectivity index (χ1v) is 17.2. The van der Waals surface area contributed by atoms with Crippen molar-refractivity contribution in [2.75, 3.05) is 0 Å². The van der Waals surface area contributed by atoms with Gasteiger partial charge in [-0.05, 0) is 88.0 Å². The number of nitrogens with zero attached hydrogens (tertiary/aromatic N) is 2. The summed E-state index contributed by atoms with van der Waals surface area (Å²) < 4.78 is 4.88. The fourth-order valence-electron chi connectivity index (χ4n) is 7.84. The van der Waals surface area contributed by atoms with Crippen molar-refractivity contribution in [2.45, 2.75) is 0 Å². The van der Waals surface area contributed by atoms with Crippen LogP contribution in [0.25, 0.3) is 88.4 Å². The average molecular weight is 637 g/mol. The molecule has 0 aliphatic rings. The van der Waals surface area contributed by atoms with Gasteiger partial charge in [0.1, 0.15) is 0 Å². The molecule has 0 fully saturated rings. The van der Waals surface area contributed by atoms with Crippen LogP contribution in [0.1, 0.15) is 0 Å². The molecule has 2 aromatic heterocycles. The second kappa shape index (κ2) is 11.5. The molecule has 0 saturated carbocycles. The van der Waals surface area contributed by atoms with Gasteiger partial charge in [-0.2, -0.15) is 0 Å². The standard InChI is InChI=1S/C48H32N2/c1-4-14-33(15-5-1)35-18-12-19-36(30-35)37-20-13-23-40(31-37)50-45-29-28-44-47(41-24-10-11-25-43(41)49(44)39-21-8-3-9-22-39)48(45)42-27-26-38(32-46(42)50)34-16-6-2-7-17-34/h1-32H. The minimum atomic E-state index is 1.14. The Bertz CT molecular complexity index is 2840. The summed E-state index contributed by atoms with van der Waals surface area (Å²) in [5.74, 6) is 0. The molecule has 2 heteroatoms. The van der Waals surface area contributed by atoms with Gasteiger partial charge in [0.2, 0.25) is 0 Å². The van der Waals surface area contributed by atoms with Crippen LogP contribution in [0.3, 0.4) is 0 Å². The van der Waals surface area contributed by atoms with E-state index in [4.69, 9.17) is 0 Å². The Balaban J connectivity index is 1.27. The average Bonchev–Trinajstić information content (AvgIpc) is 3.71. The van der Waals surface area contributed by atoms with Gasteiger partial charge in [-0.3, -0.25) is 0 Å². The second-order valence-electron chi connectivity index (χ2n) is 13.0. The highest BCUT2D eigenvalue weighted by Crippen LogP contribution is 2.43. The van der Waals surface area contributed by atoms with Crippen molar-refractivity contribution in [1.29, 1.82) is 0 Å². The first kappa shape index (κ1) is 28.4. The van der Waals surface area contributed by atoms with Crippen LogP contribution in [0.4, 0.5) is 0 Å². The van der Waals surface area contributed by atoms with Crippen molar-refractivity contribution < 1.29 is 0 Å². The second-order valence-corrected chi connectivity index (χ2v) is 13.0. The highest BCUT2D eigenvalue weighted by atomic mass is 15.0. The zero-order chi connectivity index (χ0) is 33.0. The third-order valence-electron chi connectivity index (χ3n) is 10.1. The van der Waals surface area contributed by atoms with Crippen molar-refractivity contribution in [3.63, 3.8) is 0 Å². The summed E-state index contributed by atoms with van der Waals surface area (Å²) in [6.45, 7) is 0. The molecule has 50 heavy (non-hydrogen) atoms. The molecule has 0 N–H and O–H groups in total. The molecule has 2 nitrogen and oxygen atoms in total. The Morgan fingerprint density at radius 2 is 0.700 bits per heavy atom. The molecule has 0 bridgehead atoms. The largest absolute Gasteiger partial charge is 0.309 e. The fourth-order valence-corrected chi connectivity index (χ4v) is 7.84. The molecule has 234 valence electrons. The minimum Gasteiger partial charge on any atom is -0.309 e. The van der Waals surface area contributed by atoms with Crippen LogP contribution in [0.2, 0.25) is 0 Å². The van der Waals surface area contributed by atoms with Crippen molar-refractivity contribution in [3.05, 3.63) is 194 Å². The van der Waals surface area contributed by atoms with E-state index >= 15 is 0 Å². The molecule has 0 aliphatic carbocycles. The lowest BCUT2D eigenvalue weighted by Gasteiger charge is -2.12. The monoisotopic (exact) mass is 636 g/mol. The van der Waals surface area contributed by atoms with E-state index in [1.54, 1.807) is 0 Å². The SMILES string of the molecule is c1ccc(-c2cccc(-c3cccc(-n4c5cc(-c6ccccc6)ccc5c5c6c7ccccc7n(-c7ccccc7)c6ccc54)c3)c2)cc1. The van der Waals surface area contributed by atoms with Crippen LogP contribution in [-0.2, 0) is 0 Å². The summed E-state index contributed by atoms with van der Waals surface area (Å²) >= 11 is 0. The highest BCUT2D eigenvalue weighted by molar-refractivity contribution is 6.29. The first-order valence-electron chi connectivity index (χ1n) is 17.2. The van der Waals surface area contributed by atoms with Crippen LogP contribution in [-0.4, -0.2) is 9.13 Å². The number of benzene rings is 8. The lowest BCUT2D eigenvalue weighted by molar-refractivity contribution is 1.17. The van der Waals surface area contributed by atoms with Gasteiger partial charge in [-0.25, -0.2) is 0 Å². The topological polar surface area (TPSA) is 9.86 Å². The molecule has 0 unspecified atom stereocenters. The van der Waals surface area contributed by atoms with E-state index in [9.17, 15) is 0 Å². The molecule has 2 heterocycles. The van der Waals surface area contributed by atoms with E-state index in [1.165, 1.54) is 82.7 Å². The van der Waals surface area contributed by atoms with Crippen LogP contribution < -0.4 is 0 Å². The van der Waals surface area contributed by atoms with Gasteiger partial charge in [0.15, 0.2) is 0 Å². The molecule has 10 aromatic rings. The number of hydrogen-bond donors (Lipinski definition) is 0. The van der Waals surface area contributed by atoms with Crippen molar-refractivity contribution in [2.24, 2.45) is 0 Å². The minimum absolute atomic E-state index is 1.14. The quantitative estimate of drug-likeness (QED) is 0.178. The lowest BCUT2D eigenvalue weighted by atomic mass is 9.99. The van der Waals surface area contributed by atoms with Gasteiger partial charge in [0.05, 0.1) is 22.1 Å². The molecule has 0 saturated heterocycles. The predicted octanol–water partition coefficient (Wildman–Crippen LogP) is 12.9. The summed E-state index contributed by atoms with van der Waals surface area (Å²) in [6.07, 6.45) is 0. The van der Waals surface area contributed by atoms with Crippen molar-refractivity contribution in [3.8, 4) is 44.8 Å². The van der Waals surface area contributed by atoms with E-state index in [2.05, 4.69) is 203 Å². The summed E-state index contributed by atoms with van der Waals surface area (Å²) in [6, 6.07) is 70.4. The van der Waals surface area contributed by atoms with Gasteiger partial charge in [0, 0.05) is 32.9 Å². The van der Waals surface area contributed by atoms with Crippen LogP contribution >= 0.6 is 0 Å². The van der Waals surface area contributed by atoms with Crippen LogP contribution in [0, 0.1) is 0 Å². The Morgan fingerprint density at radius 1 is 0.240 bits per heavy atom. The summed E-state index contributed by atoms with van der Waals surface area (Å²) in [4.78, 5) is 0. The van der Waals surface area contributed by atoms with E-state index in [0.717, 1.165) is 5.69 Å². The maximum atomic E-state index is 2.47. The van der Waals surface area contributed by atoms with E-state index in [-0.39, 0.29) is 0 Å². The van der Waals surface area contributed by atoms with Crippen molar-refractivity contribution >= 4 is 43.6 Å². The van der Waals surface area contributed by atoms with Gasteiger partial charge < -0.3 is 9.13 Å². The first-order chi connectivity index (χ1) is 24.8. The Hall–Kier alpha value is -6.64. The molecule has 0 amide bonds. The zero-order valence-corrected chi connectivity index (χ0v) is 27.4. The Labute approximate surface area is 290 Å². The van der Waals surface area contributed by atoms with E-state index < -0.39 is 0 Å². The van der Waals surface area contributed by atoms with Gasteiger partial charge in [-0.15, -0.1) is 0 Å². The van der Waals surface area contributed by atoms with E-state index in [1.807, 2.05) is 0 Å². The van der Waals surface area contributed by atoms with Crippen LogP contribution in [0.15, 0.2) is 194 Å².